The molecule has 0 saturated heterocycles. The number of hydrogen-bond acceptors (Lipinski definition) is 4. The van der Waals surface area contributed by atoms with Crippen LogP contribution < -0.4 is 0 Å². The third kappa shape index (κ3) is 6.85. The predicted molar refractivity (Wildman–Crippen MR) is 90.3 cm³/mol. The van der Waals surface area contributed by atoms with E-state index in [4.69, 9.17) is 9.47 Å². The number of ether oxygens (including phenoxy) is 2. The molecule has 0 fully saturated rings. The van der Waals surface area contributed by atoms with Gasteiger partial charge in [0.1, 0.15) is 0 Å². The maximum atomic E-state index is 11.0. The van der Waals surface area contributed by atoms with Gasteiger partial charge in [-0.05, 0) is 55.6 Å². The first-order valence-corrected chi connectivity index (χ1v) is 8.09. The molecule has 4 nitrogen and oxygen atoms in total. The number of allylic oxidation sites excluding steroid dienone is 4. The molecule has 0 spiro atoms. The monoisotopic (exact) mass is 320 g/mol. The highest BCUT2D eigenvalue weighted by atomic mass is 16.5. The molecule has 0 aromatic carbocycles. The van der Waals surface area contributed by atoms with Crippen LogP contribution in [0.15, 0.2) is 35.8 Å². The van der Waals surface area contributed by atoms with Crippen molar-refractivity contribution in [2.24, 2.45) is 11.3 Å². The SMILES string of the molecule is CC(=O)OC=CC(=COC(C)=O)CCC1C(C)=CCCC1(C)C. The van der Waals surface area contributed by atoms with Gasteiger partial charge in [0, 0.05) is 13.8 Å². The zero-order valence-electron chi connectivity index (χ0n) is 14.8. The molecule has 0 aromatic heterocycles. The second-order valence-corrected chi connectivity index (χ2v) is 6.78. The fourth-order valence-electron chi connectivity index (χ4n) is 3.09. The minimum Gasteiger partial charge on any atom is -0.435 e. The van der Waals surface area contributed by atoms with Crippen molar-refractivity contribution in [1.82, 2.24) is 0 Å². The summed E-state index contributed by atoms with van der Waals surface area (Å²) in [5.74, 6) is -0.239. The number of rotatable bonds is 6. The largest absolute Gasteiger partial charge is 0.435 e. The molecule has 1 unspecified atom stereocenters. The quantitative estimate of drug-likeness (QED) is 0.309. The Hall–Kier alpha value is -1.84. The maximum Gasteiger partial charge on any atom is 0.307 e. The zero-order chi connectivity index (χ0) is 17.5. The minimum absolute atomic E-state index is 0.269. The van der Waals surface area contributed by atoms with E-state index in [2.05, 4.69) is 26.8 Å². The van der Waals surface area contributed by atoms with Gasteiger partial charge >= 0.3 is 11.9 Å². The van der Waals surface area contributed by atoms with Crippen LogP contribution in [0.5, 0.6) is 0 Å². The highest BCUT2D eigenvalue weighted by molar-refractivity contribution is 5.67. The summed E-state index contributed by atoms with van der Waals surface area (Å²) in [6, 6.07) is 0. The molecule has 1 aliphatic carbocycles. The van der Waals surface area contributed by atoms with E-state index in [0.717, 1.165) is 24.8 Å². The van der Waals surface area contributed by atoms with E-state index in [1.807, 2.05) is 0 Å². The molecule has 0 N–H and O–H groups in total. The third-order valence-corrected chi connectivity index (χ3v) is 4.36. The highest BCUT2D eigenvalue weighted by Gasteiger charge is 2.32. The number of carbonyl (C=O) groups excluding carboxylic acids is 2. The lowest BCUT2D eigenvalue weighted by Crippen LogP contribution is -2.27. The second kappa shape index (κ2) is 8.70. The van der Waals surface area contributed by atoms with Gasteiger partial charge in [-0.2, -0.15) is 0 Å². The van der Waals surface area contributed by atoms with Crippen molar-refractivity contribution in [1.29, 1.82) is 0 Å². The van der Waals surface area contributed by atoms with E-state index in [9.17, 15) is 9.59 Å². The van der Waals surface area contributed by atoms with Crippen LogP contribution in [0.2, 0.25) is 0 Å². The molecule has 1 atom stereocenters. The summed E-state index contributed by atoms with van der Waals surface area (Å²) in [6.07, 6.45) is 10.8. The Morgan fingerprint density at radius 1 is 1.26 bits per heavy atom. The second-order valence-electron chi connectivity index (χ2n) is 6.78. The highest BCUT2D eigenvalue weighted by Crippen LogP contribution is 2.43. The fraction of sp³-hybridized carbons (Fsp3) is 0.579. The summed E-state index contributed by atoms with van der Waals surface area (Å²) >= 11 is 0. The molecule has 0 amide bonds. The average Bonchev–Trinajstić information content (AvgIpc) is 2.42. The van der Waals surface area contributed by atoms with Gasteiger partial charge < -0.3 is 9.47 Å². The van der Waals surface area contributed by atoms with Crippen LogP contribution in [0.1, 0.15) is 60.3 Å². The van der Waals surface area contributed by atoms with Crippen molar-refractivity contribution >= 4 is 11.9 Å². The average molecular weight is 320 g/mol. The molecule has 4 heteroatoms. The lowest BCUT2D eigenvalue weighted by Gasteiger charge is -2.38. The van der Waals surface area contributed by atoms with Crippen LogP contribution in [-0.4, -0.2) is 11.9 Å². The molecule has 1 aliphatic rings. The van der Waals surface area contributed by atoms with Gasteiger partial charge in [0.15, 0.2) is 0 Å². The van der Waals surface area contributed by atoms with Gasteiger partial charge in [-0.15, -0.1) is 0 Å². The Labute approximate surface area is 139 Å². The first-order valence-electron chi connectivity index (χ1n) is 8.09. The number of carbonyl (C=O) groups is 2. The molecular formula is C19H28O4. The van der Waals surface area contributed by atoms with Crippen molar-refractivity contribution < 1.29 is 19.1 Å². The van der Waals surface area contributed by atoms with Crippen molar-refractivity contribution in [3.63, 3.8) is 0 Å². The molecule has 0 bridgehead atoms. The van der Waals surface area contributed by atoms with Crippen LogP contribution in [0.25, 0.3) is 0 Å². The summed E-state index contributed by atoms with van der Waals surface area (Å²) in [4.78, 5) is 21.8. The fourth-order valence-corrected chi connectivity index (χ4v) is 3.09. The van der Waals surface area contributed by atoms with Crippen molar-refractivity contribution in [3.8, 4) is 0 Å². The summed E-state index contributed by atoms with van der Waals surface area (Å²) in [5, 5.41) is 0. The van der Waals surface area contributed by atoms with Gasteiger partial charge in [0.05, 0.1) is 12.5 Å². The Bertz CT molecular complexity index is 523. The van der Waals surface area contributed by atoms with Gasteiger partial charge in [-0.25, -0.2) is 0 Å². The number of hydrogen-bond donors (Lipinski definition) is 0. The van der Waals surface area contributed by atoms with Gasteiger partial charge in [-0.1, -0.05) is 25.5 Å². The van der Waals surface area contributed by atoms with E-state index in [0.29, 0.717) is 5.92 Å². The predicted octanol–water partition coefficient (Wildman–Crippen LogP) is 4.67. The molecule has 0 heterocycles. The van der Waals surface area contributed by atoms with Crippen LogP contribution in [0.4, 0.5) is 0 Å². The Morgan fingerprint density at radius 3 is 2.48 bits per heavy atom. The summed E-state index contributed by atoms with van der Waals surface area (Å²) in [6.45, 7) is 9.51. The molecule has 0 saturated carbocycles. The number of esters is 2. The first-order chi connectivity index (χ1) is 10.7. The molecule has 0 aliphatic heterocycles. The molecule has 23 heavy (non-hydrogen) atoms. The van der Waals surface area contributed by atoms with E-state index >= 15 is 0 Å². The van der Waals surface area contributed by atoms with Crippen molar-refractivity contribution in [2.45, 2.75) is 60.3 Å². The van der Waals surface area contributed by atoms with E-state index in [-0.39, 0.29) is 17.4 Å². The van der Waals surface area contributed by atoms with Gasteiger partial charge in [0.2, 0.25) is 0 Å². The normalized spacial score (nSPS) is 21.0. The summed E-state index contributed by atoms with van der Waals surface area (Å²) in [5.41, 5.74) is 2.53. The van der Waals surface area contributed by atoms with Gasteiger partial charge in [-0.3, -0.25) is 9.59 Å². The molecular weight excluding hydrogens is 292 g/mol. The third-order valence-electron chi connectivity index (χ3n) is 4.36. The van der Waals surface area contributed by atoms with Crippen LogP contribution in [0.3, 0.4) is 0 Å². The Kier molecular flexibility index (Phi) is 7.27. The van der Waals surface area contributed by atoms with E-state index in [1.54, 1.807) is 6.08 Å². The first kappa shape index (κ1) is 19.2. The van der Waals surface area contributed by atoms with Crippen molar-refractivity contribution in [3.05, 3.63) is 35.8 Å². The molecule has 0 radical (unpaired) electrons. The topological polar surface area (TPSA) is 52.6 Å². The van der Waals surface area contributed by atoms with Crippen molar-refractivity contribution in [2.75, 3.05) is 0 Å². The maximum absolute atomic E-state index is 11.0. The lowest BCUT2D eigenvalue weighted by atomic mass is 9.67. The van der Waals surface area contributed by atoms with Gasteiger partial charge in [0.25, 0.3) is 0 Å². The Balaban J connectivity index is 2.76. The standard InChI is InChI=1S/C19H28O4/c1-14-7-6-11-19(4,5)18(14)9-8-17(13-23-16(3)21)10-12-22-15(2)20/h7,10,12-13,18H,6,8-9,11H2,1-5H3. The van der Waals surface area contributed by atoms with E-state index < -0.39 is 0 Å². The summed E-state index contributed by atoms with van der Waals surface area (Å²) < 4.78 is 9.79. The smallest absolute Gasteiger partial charge is 0.307 e. The zero-order valence-corrected chi connectivity index (χ0v) is 14.8. The molecule has 128 valence electrons. The van der Waals surface area contributed by atoms with Crippen LogP contribution >= 0.6 is 0 Å². The Morgan fingerprint density at radius 2 is 1.91 bits per heavy atom. The minimum atomic E-state index is -0.375. The van der Waals surface area contributed by atoms with E-state index in [1.165, 1.54) is 38.4 Å². The van der Waals surface area contributed by atoms with Crippen LogP contribution in [0, 0.1) is 11.3 Å². The lowest BCUT2D eigenvalue weighted by molar-refractivity contribution is -0.136. The van der Waals surface area contributed by atoms with Crippen LogP contribution in [-0.2, 0) is 19.1 Å². The molecule has 1 rings (SSSR count). The summed E-state index contributed by atoms with van der Waals surface area (Å²) in [7, 11) is 0. The molecule has 0 aromatic rings.